The highest BCUT2D eigenvalue weighted by Gasteiger charge is 2.18. The lowest BCUT2D eigenvalue weighted by atomic mass is 10.2. The van der Waals surface area contributed by atoms with Crippen molar-refractivity contribution in [3.8, 4) is 0 Å². The molecule has 1 aliphatic rings. The molecule has 13 heavy (non-hydrogen) atoms. The van der Waals surface area contributed by atoms with Gasteiger partial charge in [0.25, 0.3) is 0 Å². The zero-order valence-electron chi connectivity index (χ0n) is 7.13. The van der Waals surface area contributed by atoms with Gasteiger partial charge in [-0.3, -0.25) is 0 Å². The summed E-state index contributed by atoms with van der Waals surface area (Å²) in [4.78, 5) is 6.62. The Morgan fingerprint density at radius 1 is 1.54 bits per heavy atom. The van der Waals surface area contributed by atoms with Crippen LogP contribution in [0.15, 0.2) is 16.7 Å². The van der Waals surface area contributed by atoms with Gasteiger partial charge in [-0.15, -0.1) is 11.6 Å². The predicted octanol–water partition coefficient (Wildman–Crippen LogP) is 2.79. The number of rotatable bonds is 2. The number of anilines is 1. The van der Waals surface area contributed by atoms with E-state index in [4.69, 9.17) is 11.6 Å². The second kappa shape index (κ2) is 3.84. The summed E-state index contributed by atoms with van der Waals surface area (Å²) >= 11 is 9.20. The maximum atomic E-state index is 5.70. The molecule has 0 unspecified atom stereocenters. The third kappa shape index (κ3) is 1.81. The van der Waals surface area contributed by atoms with Crippen LogP contribution in [-0.2, 0) is 5.88 Å². The number of hydrogen-bond donors (Lipinski definition) is 0. The minimum absolute atomic E-state index is 0.520. The standard InChI is InChI=1S/C9H10BrClN2/c10-8-4-7(5-11)6-12-9(8)13-2-1-3-13/h4,6H,1-3,5H2. The van der Waals surface area contributed by atoms with Crippen molar-refractivity contribution in [2.24, 2.45) is 0 Å². The Morgan fingerprint density at radius 3 is 2.77 bits per heavy atom. The van der Waals surface area contributed by atoms with E-state index in [0.717, 1.165) is 28.9 Å². The van der Waals surface area contributed by atoms with Crippen molar-refractivity contribution in [3.05, 3.63) is 22.3 Å². The Bertz CT molecular complexity index is 312. The van der Waals surface area contributed by atoms with E-state index in [-0.39, 0.29) is 0 Å². The van der Waals surface area contributed by atoms with Gasteiger partial charge in [0.05, 0.1) is 4.47 Å². The molecular weight excluding hydrogens is 251 g/mol. The van der Waals surface area contributed by atoms with Crippen molar-refractivity contribution in [1.82, 2.24) is 4.98 Å². The Kier molecular flexibility index (Phi) is 2.74. The number of aromatic nitrogens is 1. The molecule has 2 heterocycles. The molecule has 1 aliphatic heterocycles. The molecule has 1 fully saturated rings. The van der Waals surface area contributed by atoms with Crippen LogP contribution in [0.4, 0.5) is 5.82 Å². The molecule has 0 N–H and O–H groups in total. The third-order valence-corrected chi connectivity index (χ3v) is 3.08. The molecule has 1 aromatic heterocycles. The molecule has 0 radical (unpaired) electrons. The fourth-order valence-electron chi connectivity index (χ4n) is 1.30. The number of hydrogen-bond acceptors (Lipinski definition) is 2. The molecule has 0 aromatic carbocycles. The average Bonchev–Trinajstić information content (AvgIpc) is 2.05. The van der Waals surface area contributed by atoms with Gasteiger partial charge in [-0.25, -0.2) is 4.98 Å². The first-order chi connectivity index (χ1) is 6.31. The highest BCUT2D eigenvalue weighted by atomic mass is 79.9. The maximum absolute atomic E-state index is 5.70. The van der Waals surface area contributed by atoms with E-state index in [1.807, 2.05) is 12.3 Å². The summed E-state index contributed by atoms with van der Waals surface area (Å²) in [5, 5.41) is 0. The van der Waals surface area contributed by atoms with Gasteiger partial charge in [-0.05, 0) is 34.0 Å². The second-order valence-electron chi connectivity index (χ2n) is 3.12. The van der Waals surface area contributed by atoms with Crippen LogP contribution in [0, 0.1) is 0 Å². The van der Waals surface area contributed by atoms with Crippen molar-refractivity contribution in [1.29, 1.82) is 0 Å². The second-order valence-corrected chi connectivity index (χ2v) is 4.24. The molecule has 1 saturated heterocycles. The van der Waals surface area contributed by atoms with Crippen LogP contribution < -0.4 is 4.90 Å². The van der Waals surface area contributed by atoms with Crippen molar-refractivity contribution in [3.63, 3.8) is 0 Å². The smallest absolute Gasteiger partial charge is 0.142 e. The van der Waals surface area contributed by atoms with E-state index in [9.17, 15) is 0 Å². The number of nitrogens with zero attached hydrogens (tertiary/aromatic N) is 2. The van der Waals surface area contributed by atoms with Crippen molar-refractivity contribution in [2.45, 2.75) is 12.3 Å². The Hall–Kier alpha value is -0.280. The van der Waals surface area contributed by atoms with Crippen LogP contribution in [0.3, 0.4) is 0 Å². The summed E-state index contributed by atoms with van der Waals surface area (Å²) in [6.45, 7) is 2.23. The van der Waals surface area contributed by atoms with Crippen molar-refractivity contribution < 1.29 is 0 Å². The largest absolute Gasteiger partial charge is 0.356 e. The topological polar surface area (TPSA) is 16.1 Å². The van der Waals surface area contributed by atoms with Gasteiger partial charge >= 0.3 is 0 Å². The normalized spacial score (nSPS) is 15.7. The van der Waals surface area contributed by atoms with Gasteiger partial charge in [-0.1, -0.05) is 0 Å². The first-order valence-electron chi connectivity index (χ1n) is 4.26. The van der Waals surface area contributed by atoms with Crippen LogP contribution in [0.5, 0.6) is 0 Å². The fraction of sp³-hybridized carbons (Fsp3) is 0.444. The van der Waals surface area contributed by atoms with Gasteiger partial charge in [0, 0.05) is 25.2 Å². The zero-order chi connectivity index (χ0) is 9.26. The Labute approximate surface area is 91.0 Å². The van der Waals surface area contributed by atoms with Crippen molar-refractivity contribution in [2.75, 3.05) is 18.0 Å². The summed E-state index contributed by atoms with van der Waals surface area (Å²) in [7, 11) is 0. The van der Waals surface area contributed by atoms with Crippen LogP contribution in [0.2, 0.25) is 0 Å². The number of halogens is 2. The molecule has 2 rings (SSSR count). The first-order valence-corrected chi connectivity index (χ1v) is 5.59. The van der Waals surface area contributed by atoms with Gasteiger partial charge in [0.15, 0.2) is 0 Å². The number of alkyl halides is 1. The highest BCUT2D eigenvalue weighted by Crippen LogP contribution is 2.28. The highest BCUT2D eigenvalue weighted by molar-refractivity contribution is 9.10. The van der Waals surface area contributed by atoms with E-state index in [0.29, 0.717) is 5.88 Å². The summed E-state index contributed by atoms with van der Waals surface area (Å²) < 4.78 is 1.05. The average molecular weight is 262 g/mol. The van der Waals surface area contributed by atoms with Gasteiger partial charge in [0.2, 0.25) is 0 Å². The lowest BCUT2D eigenvalue weighted by Crippen LogP contribution is -2.37. The third-order valence-electron chi connectivity index (χ3n) is 2.19. The Morgan fingerprint density at radius 2 is 2.31 bits per heavy atom. The lowest BCUT2D eigenvalue weighted by Gasteiger charge is -2.32. The maximum Gasteiger partial charge on any atom is 0.142 e. The summed E-state index contributed by atoms with van der Waals surface area (Å²) in [5.41, 5.74) is 1.05. The van der Waals surface area contributed by atoms with E-state index in [1.54, 1.807) is 0 Å². The van der Waals surface area contributed by atoms with E-state index >= 15 is 0 Å². The predicted molar refractivity (Wildman–Crippen MR) is 58.3 cm³/mol. The number of pyridine rings is 1. The van der Waals surface area contributed by atoms with E-state index in [2.05, 4.69) is 25.8 Å². The minimum atomic E-state index is 0.520. The lowest BCUT2D eigenvalue weighted by molar-refractivity contribution is 0.608. The molecule has 0 spiro atoms. The van der Waals surface area contributed by atoms with Gasteiger partial charge < -0.3 is 4.90 Å². The van der Waals surface area contributed by atoms with Gasteiger partial charge in [-0.2, -0.15) is 0 Å². The summed E-state index contributed by atoms with van der Waals surface area (Å²) in [5.74, 6) is 1.56. The molecule has 4 heteroatoms. The fourth-order valence-corrected chi connectivity index (χ4v) is 2.10. The summed E-state index contributed by atoms with van der Waals surface area (Å²) in [6, 6.07) is 2.04. The molecule has 0 atom stereocenters. The van der Waals surface area contributed by atoms with E-state index in [1.165, 1.54) is 6.42 Å². The van der Waals surface area contributed by atoms with Crippen molar-refractivity contribution >= 4 is 33.3 Å². The van der Waals surface area contributed by atoms with Crippen LogP contribution in [-0.4, -0.2) is 18.1 Å². The molecule has 0 aliphatic carbocycles. The van der Waals surface area contributed by atoms with E-state index < -0.39 is 0 Å². The Balaban J connectivity index is 2.26. The molecule has 0 amide bonds. The first kappa shape index (κ1) is 9.28. The zero-order valence-corrected chi connectivity index (χ0v) is 9.48. The SMILES string of the molecule is ClCc1cnc(N2CCC2)c(Br)c1. The van der Waals surface area contributed by atoms with Crippen LogP contribution >= 0.6 is 27.5 Å². The minimum Gasteiger partial charge on any atom is -0.356 e. The van der Waals surface area contributed by atoms with Crippen LogP contribution in [0.25, 0.3) is 0 Å². The summed E-state index contributed by atoms with van der Waals surface area (Å²) in [6.07, 6.45) is 3.11. The quantitative estimate of drug-likeness (QED) is 0.761. The van der Waals surface area contributed by atoms with Gasteiger partial charge in [0.1, 0.15) is 5.82 Å². The monoisotopic (exact) mass is 260 g/mol. The molecule has 0 saturated carbocycles. The molecule has 1 aromatic rings. The van der Waals surface area contributed by atoms with Crippen LogP contribution in [0.1, 0.15) is 12.0 Å². The molecule has 0 bridgehead atoms. The molecular formula is C9H10BrClN2. The molecule has 2 nitrogen and oxygen atoms in total. The molecule has 70 valence electrons.